The number of terminal acetylenes is 1. The van der Waals surface area contributed by atoms with Gasteiger partial charge in [0.15, 0.2) is 0 Å². The first-order chi connectivity index (χ1) is 30.6. The second-order valence-corrected chi connectivity index (χ2v) is 16.0. The summed E-state index contributed by atoms with van der Waals surface area (Å²) in [7, 11) is 0. The van der Waals surface area contributed by atoms with E-state index < -0.39 is 48.8 Å². The maximum Gasteiger partial charge on any atom is 0.257 e. The van der Waals surface area contributed by atoms with E-state index in [9.17, 15) is 31.4 Å². The fourth-order valence-corrected chi connectivity index (χ4v) is 6.63. The maximum absolute atomic E-state index is 15.0. The summed E-state index contributed by atoms with van der Waals surface area (Å²) in [6.45, 7) is 8.14. The van der Waals surface area contributed by atoms with E-state index in [4.69, 9.17) is 11.5 Å². The van der Waals surface area contributed by atoms with Crippen LogP contribution in [0.3, 0.4) is 0 Å². The van der Waals surface area contributed by atoms with E-state index >= 15 is 0 Å². The molecule has 14 nitrogen and oxygen atoms in total. The molecule has 8 aromatic rings. The van der Waals surface area contributed by atoms with Crippen LogP contribution >= 0.6 is 15.9 Å². The molecule has 8 rings (SSSR count). The lowest BCUT2D eigenvalue weighted by atomic mass is 10.1. The predicted molar refractivity (Wildman–Crippen MR) is 236 cm³/mol. The van der Waals surface area contributed by atoms with Crippen LogP contribution in [0.4, 0.5) is 49.4 Å². The van der Waals surface area contributed by atoms with Gasteiger partial charge >= 0.3 is 0 Å². The number of pyridine rings is 2. The van der Waals surface area contributed by atoms with Gasteiger partial charge in [0, 0.05) is 23.8 Å². The second kappa shape index (κ2) is 19.4. The normalized spacial score (nSPS) is 11.6. The third kappa shape index (κ3) is 11.2. The molecule has 2 N–H and O–H groups in total. The van der Waals surface area contributed by atoms with Gasteiger partial charge in [-0.05, 0) is 112 Å². The number of aryl methyl sites for hydroxylation is 2. The molecule has 0 unspecified atom stereocenters. The van der Waals surface area contributed by atoms with Gasteiger partial charge in [0.2, 0.25) is 0 Å². The van der Waals surface area contributed by atoms with Crippen LogP contribution in [0.1, 0.15) is 45.0 Å². The highest BCUT2D eigenvalue weighted by Gasteiger charge is 2.26. The van der Waals surface area contributed by atoms with Crippen LogP contribution in [0.5, 0.6) is 0 Å². The van der Waals surface area contributed by atoms with Crippen molar-refractivity contribution in [1.82, 2.24) is 49.1 Å². The number of benzene rings is 2. The summed E-state index contributed by atoms with van der Waals surface area (Å²) in [5, 5.41) is 34.5. The fourth-order valence-electron chi connectivity index (χ4n) is 6.28. The summed E-state index contributed by atoms with van der Waals surface area (Å²) >= 11 is 3.23. The monoisotopic (exact) mass is 960 g/mol. The van der Waals surface area contributed by atoms with Crippen LogP contribution in [0.15, 0.2) is 77.7 Å². The van der Waals surface area contributed by atoms with Crippen molar-refractivity contribution in [2.75, 3.05) is 22.9 Å². The van der Waals surface area contributed by atoms with Crippen molar-refractivity contribution in [3.8, 4) is 24.2 Å². The van der Waals surface area contributed by atoms with E-state index in [1.165, 1.54) is 66.4 Å². The van der Waals surface area contributed by atoms with Crippen molar-refractivity contribution >= 4 is 72.3 Å². The Morgan fingerprint density at radius 2 is 1.14 bits per heavy atom. The average Bonchev–Trinajstić information content (AvgIpc) is 3.82. The Balaban J connectivity index is 0.000000193. The molecule has 0 aliphatic heterocycles. The summed E-state index contributed by atoms with van der Waals surface area (Å²) in [6.07, 6.45) is 2.27. The van der Waals surface area contributed by atoms with Gasteiger partial charge in [-0.3, -0.25) is 8.80 Å². The number of hydrogen-bond acceptors (Lipinski definition) is 12. The van der Waals surface area contributed by atoms with E-state index in [2.05, 4.69) is 74.0 Å². The number of anilines is 4. The first kappa shape index (κ1) is 47.5. The van der Waals surface area contributed by atoms with Crippen LogP contribution in [0, 0.1) is 49.7 Å². The van der Waals surface area contributed by atoms with Gasteiger partial charge < -0.3 is 20.0 Å². The van der Waals surface area contributed by atoms with Crippen molar-refractivity contribution in [2.24, 2.45) is 0 Å². The molecule has 0 bridgehead atoms. The van der Waals surface area contributed by atoms with Crippen LogP contribution < -0.4 is 9.80 Å². The van der Waals surface area contributed by atoms with Gasteiger partial charge in [-0.2, -0.15) is 9.97 Å². The van der Waals surface area contributed by atoms with E-state index in [1.54, 1.807) is 66.8 Å². The topological polar surface area (TPSA) is 159 Å². The molecule has 336 valence electrons. The van der Waals surface area contributed by atoms with Crippen molar-refractivity contribution in [3.63, 3.8) is 0 Å². The number of hydrogen-bond donors (Lipinski definition) is 2. The lowest BCUT2D eigenvalue weighted by Gasteiger charge is -2.25. The smallest absolute Gasteiger partial charge is 0.257 e. The summed E-state index contributed by atoms with van der Waals surface area (Å²) < 4.78 is 87.3. The van der Waals surface area contributed by atoms with Gasteiger partial charge in [-0.15, -0.1) is 26.8 Å². The summed E-state index contributed by atoms with van der Waals surface area (Å²) in [5.41, 5.74) is -0.383. The Hall–Kier alpha value is -6.94. The molecular weight excluding hydrogens is 922 g/mol. The zero-order valence-electron chi connectivity index (χ0n) is 35.5. The third-order valence-corrected chi connectivity index (χ3v) is 9.45. The molecule has 2 aromatic carbocycles. The molecule has 21 heteroatoms. The highest BCUT2D eigenvalue weighted by molar-refractivity contribution is 9.10. The van der Waals surface area contributed by atoms with Gasteiger partial charge in [-0.25, -0.2) is 36.3 Å². The van der Waals surface area contributed by atoms with Gasteiger partial charge in [0.25, 0.3) is 24.4 Å². The summed E-state index contributed by atoms with van der Waals surface area (Å²) in [5.74, 6) is 7.71. The largest absolute Gasteiger partial charge is 0.378 e. The van der Waals surface area contributed by atoms with Crippen molar-refractivity contribution in [3.05, 3.63) is 107 Å². The Kier molecular flexibility index (Phi) is 14.2. The molecule has 0 fully saturated rings. The summed E-state index contributed by atoms with van der Waals surface area (Å²) in [4.78, 5) is 19.3. The molecule has 0 saturated carbocycles. The first-order valence-electron chi connectivity index (χ1n) is 19.4. The molecule has 6 aromatic heterocycles. The standard InChI is InChI=1S/C22H19F3N6O.C17H12BrF3N6.C5H8O/c1-13-28-29-21-27-20(19-16(23)5-4-6-17(19)31(13)21)30(12-18(24)25)15-8-10-26-14(11-15)7-9-22(2,3)32;1-9-24-25-17-23-16(15-11(19)3-2-4-12(15)27(9)17)26(8-14(20)21)10-5-6-22-13(18)7-10;1-4-5(2,3)6/h4-6,8,10-11,18,32H,12H2,1-3H3;2-7,14H,8H2,1H3;1,6H,2-3H3. The highest BCUT2D eigenvalue weighted by atomic mass is 79.9. The first-order valence-corrected chi connectivity index (χ1v) is 20.2. The highest BCUT2D eigenvalue weighted by Crippen LogP contribution is 2.36. The van der Waals surface area contributed by atoms with Crippen LogP contribution in [-0.2, 0) is 0 Å². The van der Waals surface area contributed by atoms with E-state index in [0.717, 1.165) is 0 Å². The lowest BCUT2D eigenvalue weighted by molar-refractivity contribution is 0.143. The molecule has 0 aliphatic carbocycles. The Morgan fingerprint density at radius 1 is 0.692 bits per heavy atom. The summed E-state index contributed by atoms with van der Waals surface area (Å²) in [6, 6.07) is 15.0. The number of alkyl halides is 4. The van der Waals surface area contributed by atoms with Crippen molar-refractivity contribution < 1.29 is 36.6 Å². The number of nitrogens with zero attached hydrogens (tertiary/aromatic N) is 12. The molecule has 0 aliphatic rings. The Morgan fingerprint density at radius 3 is 1.55 bits per heavy atom. The van der Waals surface area contributed by atoms with Crippen LogP contribution in [-0.4, -0.2) is 96.5 Å². The SMILES string of the molecule is C#CC(C)(C)O.Cc1nnc2nc(N(CC(F)F)c3ccnc(Br)c3)c3c(F)cccc3n12.Cc1nnc2nc(N(CC(F)F)c3ccnc(C#CC(C)(C)O)c3)c3c(F)cccc3n12. The van der Waals surface area contributed by atoms with Crippen LogP contribution in [0.2, 0.25) is 0 Å². The second-order valence-electron chi connectivity index (χ2n) is 15.2. The molecular formula is C44H39BrF6N12O2. The zero-order chi connectivity index (χ0) is 47.4. The molecule has 0 spiro atoms. The minimum atomic E-state index is -2.74. The van der Waals surface area contributed by atoms with Crippen LogP contribution in [0.25, 0.3) is 33.4 Å². The minimum absolute atomic E-state index is 0.0223. The van der Waals surface area contributed by atoms with E-state index in [0.29, 0.717) is 33.0 Å². The minimum Gasteiger partial charge on any atom is -0.378 e. The number of fused-ring (bicyclic) bond motifs is 6. The van der Waals surface area contributed by atoms with Gasteiger partial charge in [-0.1, -0.05) is 24.0 Å². The Labute approximate surface area is 376 Å². The number of aromatic nitrogens is 10. The maximum atomic E-state index is 15.0. The molecule has 0 saturated heterocycles. The number of aliphatic hydroxyl groups is 2. The molecule has 0 amide bonds. The van der Waals surface area contributed by atoms with Gasteiger partial charge in [0.1, 0.15) is 56.4 Å². The number of rotatable bonds is 8. The van der Waals surface area contributed by atoms with E-state index in [1.807, 2.05) is 0 Å². The molecule has 0 radical (unpaired) electrons. The predicted octanol–water partition coefficient (Wildman–Crippen LogP) is 8.32. The van der Waals surface area contributed by atoms with Crippen molar-refractivity contribution in [1.29, 1.82) is 0 Å². The van der Waals surface area contributed by atoms with E-state index in [-0.39, 0.29) is 45.3 Å². The molecule has 65 heavy (non-hydrogen) atoms. The number of halogens is 7. The van der Waals surface area contributed by atoms with Gasteiger partial charge in [0.05, 0.1) is 34.9 Å². The molecule has 6 heterocycles. The quantitative estimate of drug-likeness (QED) is 0.0854. The average molecular weight is 962 g/mol. The fraction of sp³-hybridized carbons (Fsp3) is 0.273. The van der Waals surface area contributed by atoms with Crippen molar-refractivity contribution in [2.45, 2.75) is 65.6 Å². The molecule has 0 atom stereocenters. The third-order valence-electron chi connectivity index (χ3n) is 9.02. The lowest BCUT2D eigenvalue weighted by Crippen LogP contribution is -2.26. The zero-order valence-corrected chi connectivity index (χ0v) is 37.1. The Bertz CT molecular complexity index is 3110.